The minimum atomic E-state index is -0.926. The zero-order valence-electron chi connectivity index (χ0n) is 11.3. The third-order valence-corrected chi connectivity index (χ3v) is 2.91. The number of rotatable bonds is 7. The summed E-state index contributed by atoms with van der Waals surface area (Å²) in [4.78, 5) is 23.9. The molecule has 0 saturated carbocycles. The maximum atomic E-state index is 11.1. The molecule has 0 aliphatic carbocycles. The molecule has 104 valence electrons. The highest BCUT2D eigenvalue weighted by Gasteiger charge is 2.08. The van der Waals surface area contributed by atoms with E-state index >= 15 is 0 Å². The average molecular weight is 265 g/mol. The number of hydrogen-bond acceptors (Lipinski definition) is 4. The van der Waals surface area contributed by atoms with Crippen LogP contribution in [0.5, 0.6) is 0 Å². The normalized spacial score (nSPS) is 10.5. The number of carbonyl (C=O) groups is 2. The number of carboxylic acids is 1. The number of nitrogens with zero attached hydrogens (tertiary/aromatic N) is 1. The number of ether oxygens (including phenoxy) is 1. The van der Waals surface area contributed by atoms with Gasteiger partial charge in [0.1, 0.15) is 0 Å². The molecule has 1 aromatic carbocycles. The number of carbonyl (C=O) groups excluding carboxylic acids is 1. The molecule has 0 aliphatic heterocycles. The SMILES string of the molecule is CCN(CCC(=O)OC)Cc1ccc(C(=O)O)cc1. The first-order chi connectivity index (χ1) is 9.06. The monoisotopic (exact) mass is 265 g/mol. The van der Waals surface area contributed by atoms with Crippen LogP contribution in [-0.4, -0.2) is 42.1 Å². The Bertz CT molecular complexity index is 428. The van der Waals surface area contributed by atoms with Crippen molar-refractivity contribution in [3.8, 4) is 0 Å². The molecule has 0 amide bonds. The number of methoxy groups -OCH3 is 1. The van der Waals surface area contributed by atoms with Crippen molar-refractivity contribution >= 4 is 11.9 Å². The van der Waals surface area contributed by atoms with E-state index in [9.17, 15) is 9.59 Å². The van der Waals surface area contributed by atoms with E-state index < -0.39 is 5.97 Å². The molecule has 0 radical (unpaired) electrons. The van der Waals surface area contributed by atoms with Crippen molar-refractivity contribution in [1.82, 2.24) is 4.90 Å². The van der Waals surface area contributed by atoms with Gasteiger partial charge in [0.05, 0.1) is 19.1 Å². The molecule has 5 nitrogen and oxygen atoms in total. The van der Waals surface area contributed by atoms with E-state index in [1.807, 2.05) is 6.92 Å². The van der Waals surface area contributed by atoms with Crippen LogP contribution in [0.25, 0.3) is 0 Å². The van der Waals surface area contributed by atoms with Crippen molar-refractivity contribution in [2.24, 2.45) is 0 Å². The summed E-state index contributed by atoms with van der Waals surface area (Å²) in [6.45, 7) is 4.15. The fourth-order valence-corrected chi connectivity index (χ4v) is 1.71. The summed E-state index contributed by atoms with van der Waals surface area (Å²) < 4.78 is 4.61. The summed E-state index contributed by atoms with van der Waals surface area (Å²) in [5.41, 5.74) is 1.30. The quantitative estimate of drug-likeness (QED) is 0.761. The summed E-state index contributed by atoms with van der Waals surface area (Å²) in [7, 11) is 1.38. The summed E-state index contributed by atoms with van der Waals surface area (Å²) in [5, 5.41) is 8.81. The van der Waals surface area contributed by atoms with Crippen LogP contribution in [0.3, 0.4) is 0 Å². The second-order valence-electron chi connectivity index (χ2n) is 4.20. The van der Waals surface area contributed by atoms with E-state index in [1.165, 1.54) is 7.11 Å². The van der Waals surface area contributed by atoms with Crippen LogP contribution in [0.15, 0.2) is 24.3 Å². The molecular formula is C14H19NO4. The lowest BCUT2D eigenvalue weighted by Crippen LogP contribution is -2.26. The van der Waals surface area contributed by atoms with Gasteiger partial charge in [-0.2, -0.15) is 0 Å². The molecule has 0 aliphatic rings. The Morgan fingerprint density at radius 3 is 2.37 bits per heavy atom. The van der Waals surface area contributed by atoms with Gasteiger partial charge in [-0.3, -0.25) is 9.69 Å². The second-order valence-corrected chi connectivity index (χ2v) is 4.20. The summed E-state index contributed by atoms with van der Waals surface area (Å²) >= 11 is 0. The van der Waals surface area contributed by atoms with Gasteiger partial charge in [-0.15, -0.1) is 0 Å². The Labute approximate surface area is 112 Å². The van der Waals surface area contributed by atoms with Crippen molar-refractivity contribution in [1.29, 1.82) is 0 Å². The second kappa shape index (κ2) is 7.53. The molecule has 1 N–H and O–H groups in total. The Morgan fingerprint density at radius 2 is 1.89 bits per heavy atom. The standard InChI is InChI=1S/C14H19NO4/c1-3-15(9-8-13(16)19-2)10-11-4-6-12(7-5-11)14(17)18/h4-7H,3,8-10H2,1-2H3,(H,17,18). The summed E-state index contributed by atoms with van der Waals surface area (Å²) in [6, 6.07) is 6.77. The molecule has 0 spiro atoms. The van der Waals surface area contributed by atoms with Gasteiger partial charge in [0.2, 0.25) is 0 Å². The van der Waals surface area contributed by atoms with E-state index in [0.29, 0.717) is 19.5 Å². The lowest BCUT2D eigenvalue weighted by Gasteiger charge is -2.19. The third-order valence-electron chi connectivity index (χ3n) is 2.91. The van der Waals surface area contributed by atoms with Gasteiger partial charge in [-0.1, -0.05) is 19.1 Å². The maximum absolute atomic E-state index is 11.1. The van der Waals surface area contributed by atoms with Gasteiger partial charge in [0.15, 0.2) is 0 Å². The minimum Gasteiger partial charge on any atom is -0.478 e. The first-order valence-corrected chi connectivity index (χ1v) is 6.18. The van der Waals surface area contributed by atoms with Crippen LogP contribution in [0, 0.1) is 0 Å². The van der Waals surface area contributed by atoms with Gasteiger partial charge in [0, 0.05) is 13.1 Å². The highest BCUT2D eigenvalue weighted by atomic mass is 16.5. The molecule has 1 aromatic rings. The molecule has 5 heteroatoms. The lowest BCUT2D eigenvalue weighted by atomic mass is 10.1. The number of aromatic carboxylic acids is 1. The molecule has 0 heterocycles. The highest BCUT2D eigenvalue weighted by Crippen LogP contribution is 2.08. The fraction of sp³-hybridized carbons (Fsp3) is 0.429. The van der Waals surface area contributed by atoms with E-state index in [4.69, 9.17) is 5.11 Å². The Hall–Kier alpha value is -1.88. The molecule has 1 rings (SSSR count). The van der Waals surface area contributed by atoms with Crippen LogP contribution in [-0.2, 0) is 16.1 Å². The van der Waals surface area contributed by atoms with Crippen molar-refractivity contribution in [3.05, 3.63) is 35.4 Å². The van der Waals surface area contributed by atoms with Gasteiger partial charge in [-0.25, -0.2) is 4.79 Å². The van der Waals surface area contributed by atoms with Gasteiger partial charge < -0.3 is 9.84 Å². The lowest BCUT2D eigenvalue weighted by molar-refractivity contribution is -0.141. The molecule has 0 unspecified atom stereocenters. The van der Waals surface area contributed by atoms with Crippen LogP contribution in [0.4, 0.5) is 0 Å². The molecule has 19 heavy (non-hydrogen) atoms. The summed E-state index contributed by atoms with van der Waals surface area (Å²) in [5.74, 6) is -1.15. The topological polar surface area (TPSA) is 66.8 Å². The largest absolute Gasteiger partial charge is 0.478 e. The van der Waals surface area contributed by atoms with Crippen molar-refractivity contribution in [3.63, 3.8) is 0 Å². The fourth-order valence-electron chi connectivity index (χ4n) is 1.71. The van der Waals surface area contributed by atoms with Gasteiger partial charge in [0.25, 0.3) is 0 Å². The van der Waals surface area contributed by atoms with E-state index in [0.717, 1.165) is 12.1 Å². The van der Waals surface area contributed by atoms with Crippen LogP contribution in [0.2, 0.25) is 0 Å². The van der Waals surface area contributed by atoms with Crippen molar-refractivity contribution in [2.75, 3.05) is 20.2 Å². The number of esters is 1. The van der Waals surface area contributed by atoms with Gasteiger partial charge in [-0.05, 0) is 24.2 Å². The molecule has 0 bridgehead atoms. The first kappa shape index (κ1) is 15.2. The Balaban J connectivity index is 2.55. The molecule has 0 saturated heterocycles. The number of carboxylic acid groups (broad SMARTS) is 1. The molecule has 0 fully saturated rings. The zero-order chi connectivity index (χ0) is 14.3. The number of hydrogen-bond donors (Lipinski definition) is 1. The van der Waals surface area contributed by atoms with Crippen molar-refractivity contribution in [2.45, 2.75) is 19.9 Å². The average Bonchev–Trinajstić information content (AvgIpc) is 2.43. The van der Waals surface area contributed by atoms with Crippen LogP contribution in [0.1, 0.15) is 29.3 Å². The predicted octanol–water partition coefficient (Wildman–Crippen LogP) is 1.77. The van der Waals surface area contributed by atoms with E-state index in [2.05, 4.69) is 9.64 Å². The third kappa shape index (κ3) is 5.09. The number of benzene rings is 1. The molecular weight excluding hydrogens is 246 g/mol. The van der Waals surface area contributed by atoms with E-state index in [1.54, 1.807) is 24.3 Å². The predicted molar refractivity (Wildman–Crippen MR) is 71.0 cm³/mol. The van der Waals surface area contributed by atoms with Gasteiger partial charge >= 0.3 is 11.9 Å². The molecule has 0 aromatic heterocycles. The van der Waals surface area contributed by atoms with Crippen LogP contribution >= 0.6 is 0 Å². The maximum Gasteiger partial charge on any atom is 0.335 e. The highest BCUT2D eigenvalue weighted by molar-refractivity contribution is 5.87. The Kier molecular flexibility index (Phi) is 6.02. The van der Waals surface area contributed by atoms with Crippen LogP contribution < -0.4 is 0 Å². The summed E-state index contributed by atoms with van der Waals surface area (Å²) in [6.07, 6.45) is 0.359. The molecule has 0 atom stereocenters. The smallest absolute Gasteiger partial charge is 0.335 e. The van der Waals surface area contributed by atoms with Crippen molar-refractivity contribution < 1.29 is 19.4 Å². The minimum absolute atomic E-state index is 0.223. The first-order valence-electron chi connectivity index (χ1n) is 6.18. The Morgan fingerprint density at radius 1 is 1.26 bits per heavy atom. The zero-order valence-corrected chi connectivity index (χ0v) is 11.3. The van der Waals surface area contributed by atoms with E-state index in [-0.39, 0.29) is 11.5 Å².